The molecule has 0 heterocycles. The third kappa shape index (κ3) is 1.47. The highest BCUT2D eigenvalue weighted by Crippen LogP contribution is 2.42. The summed E-state index contributed by atoms with van der Waals surface area (Å²) in [7, 11) is 0. The zero-order valence-electron chi connectivity index (χ0n) is 6.70. The Bertz CT molecular complexity index is 281. The second-order valence-electron chi connectivity index (χ2n) is 3.30. The standard InChI is InChI=1S/C10H11ClO/c11-9-4-2-1-3-8(9)10(12)7-5-6-7/h1-4,7,10,12H,5-6H2. The molecule has 1 aromatic carbocycles. The average molecular weight is 183 g/mol. The molecular formula is C10H11ClO. The van der Waals surface area contributed by atoms with Crippen LogP contribution in [0.4, 0.5) is 0 Å². The van der Waals surface area contributed by atoms with Crippen LogP contribution >= 0.6 is 11.6 Å². The van der Waals surface area contributed by atoms with E-state index in [0.29, 0.717) is 10.9 Å². The van der Waals surface area contributed by atoms with Gasteiger partial charge in [-0.2, -0.15) is 0 Å². The maximum absolute atomic E-state index is 9.76. The second kappa shape index (κ2) is 3.08. The van der Waals surface area contributed by atoms with Gasteiger partial charge in [0.05, 0.1) is 6.10 Å². The summed E-state index contributed by atoms with van der Waals surface area (Å²) in [6, 6.07) is 7.51. The van der Waals surface area contributed by atoms with Crippen molar-refractivity contribution in [2.45, 2.75) is 18.9 Å². The van der Waals surface area contributed by atoms with E-state index in [1.807, 2.05) is 24.3 Å². The molecule has 1 unspecified atom stereocenters. The van der Waals surface area contributed by atoms with Crippen LogP contribution in [0.3, 0.4) is 0 Å². The lowest BCUT2D eigenvalue weighted by Crippen LogP contribution is -1.99. The zero-order chi connectivity index (χ0) is 8.55. The molecule has 1 nitrogen and oxygen atoms in total. The minimum absolute atomic E-state index is 0.348. The maximum Gasteiger partial charge on any atom is 0.0832 e. The first-order valence-electron chi connectivity index (χ1n) is 4.21. The predicted molar refractivity (Wildman–Crippen MR) is 49.1 cm³/mol. The summed E-state index contributed by atoms with van der Waals surface area (Å²) in [5, 5.41) is 10.4. The van der Waals surface area contributed by atoms with Gasteiger partial charge in [-0.25, -0.2) is 0 Å². The lowest BCUT2D eigenvalue weighted by molar-refractivity contribution is 0.154. The van der Waals surface area contributed by atoms with Crippen LogP contribution in [0.25, 0.3) is 0 Å². The maximum atomic E-state index is 9.76. The number of hydrogen-bond donors (Lipinski definition) is 1. The summed E-state index contributed by atoms with van der Waals surface area (Å²) >= 11 is 5.93. The molecule has 1 aliphatic carbocycles. The molecule has 0 aromatic heterocycles. The van der Waals surface area contributed by atoms with Crippen molar-refractivity contribution in [1.29, 1.82) is 0 Å². The first kappa shape index (κ1) is 8.09. The highest BCUT2D eigenvalue weighted by Gasteiger charge is 2.31. The van der Waals surface area contributed by atoms with Crippen molar-refractivity contribution >= 4 is 11.6 Å². The molecule has 1 atom stereocenters. The van der Waals surface area contributed by atoms with Crippen LogP contribution in [0.5, 0.6) is 0 Å². The molecule has 0 bridgehead atoms. The molecular weight excluding hydrogens is 172 g/mol. The van der Waals surface area contributed by atoms with Gasteiger partial charge in [-0.05, 0) is 30.4 Å². The SMILES string of the molecule is OC(c1ccccc1Cl)C1CC1. The van der Waals surface area contributed by atoms with E-state index in [1.165, 1.54) is 0 Å². The van der Waals surface area contributed by atoms with Crippen LogP contribution in [0.2, 0.25) is 5.02 Å². The van der Waals surface area contributed by atoms with E-state index < -0.39 is 0 Å². The van der Waals surface area contributed by atoms with Crippen molar-refractivity contribution < 1.29 is 5.11 Å². The van der Waals surface area contributed by atoms with E-state index >= 15 is 0 Å². The largest absolute Gasteiger partial charge is 0.388 e. The van der Waals surface area contributed by atoms with Crippen LogP contribution in [-0.4, -0.2) is 5.11 Å². The first-order valence-corrected chi connectivity index (χ1v) is 4.59. The minimum Gasteiger partial charge on any atom is -0.388 e. The van der Waals surface area contributed by atoms with Crippen LogP contribution < -0.4 is 0 Å². The van der Waals surface area contributed by atoms with E-state index in [2.05, 4.69) is 0 Å². The molecule has 2 heteroatoms. The molecule has 1 N–H and O–H groups in total. The fourth-order valence-corrected chi connectivity index (χ4v) is 1.63. The van der Waals surface area contributed by atoms with Crippen LogP contribution in [0.15, 0.2) is 24.3 Å². The summed E-state index contributed by atoms with van der Waals surface area (Å²) in [6.45, 7) is 0. The molecule has 1 aliphatic rings. The fraction of sp³-hybridized carbons (Fsp3) is 0.400. The van der Waals surface area contributed by atoms with Gasteiger partial charge >= 0.3 is 0 Å². The quantitative estimate of drug-likeness (QED) is 0.746. The smallest absolute Gasteiger partial charge is 0.0832 e. The van der Waals surface area contributed by atoms with Crippen molar-refractivity contribution in [3.05, 3.63) is 34.9 Å². The Morgan fingerprint density at radius 3 is 2.58 bits per heavy atom. The number of halogens is 1. The van der Waals surface area contributed by atoms with E-state index in [0.717, 1.165) is 18.4 Å². The highest BCUT2D eigenvalue weighted by molar-refractivity contribution is 6.31. The molecule has 64 valence electrons. The van der Waals surface area contributed by atoms with E-state index in [9.17, 15) is 5.11 Å². The third-order valence-electron chi connectivity index (χ3n) is 2.29. The minimum atomic E-state index is -0.348. The van der Waals surface area contributed by atoms with E-state index in [-0.39, 0.29) is 6.10 Å². The van der Waals surface area contributed by atoms with Gasteiger partial charge in [0.2, 0.25) is 0 Å². The Morgan fingerprint density at radius 1 is 1.33 bits per heavy atom. The average Bonchev–Trinajstić information content (AvgIpc) is 2.86. The lowest BCUT2D eigenvalue weighted by atomic mass is 10.1. The molecule has 1 fully saturated rings. The van der Waals surface area contributed by atoms with Gasteiger partial charge in [-0.1, -0.05) is 29.8 Å². The van der Waals surface area contributed by atoms with Gasteiger partial charge < -0.3 is 5.11 Å². The van der Waals surface area contributed by atoms with Crippen LogP contribution in [-0.2, 0) is 0 Å². The van der Waals surface area contributed by atoms with Crippen molar-refractivity contribution in [2.75, 3.05) is 0 Å². The number of hydrogen-bond acceptors (Lipinski definition) is 1. The Labute approximate surface area is 77.0 Å². The topological polar surface area (TPSA) is 20.2 Å². The third-order valence-corrected chi connectivity index (χ3v) is 2.64. The molecule has 0 spiro atoms. The Kier molecular flexibility index (Phi) is 2.07. The lowest BCUT2D eigenvalue weighted by Gasteiger charge is -2.10. The van der Waals surface area contributed by atoms with Crippen LogP contribution in [0, 0.1) is 5.92 Å². The molecule has 0 radical (unpaired) electrons. The monoisotopic (exact) mass is 182 g/mol. The number of benzene rings is 1. The van der Waals surface area contributed by atoms with Crippen molar-refractivity contribution in [1.82, 2.24) is 0 Å². The highest BCUT2D eigenvalue weighted by atomic mass is 35.5. The predicted octanol–water partition coefficient (Wildman–Crippen LogP) is 2.78. The van der Waals surface area contributed by atoms with E-state index in [1.54, 1.807) is 0 Å². The van der Waals surface area contributed by atoms with Gasteiger partial charge in [0.1, 0.15) is 0 Å². The normalized spacial score (nSPS) is 19.2. The summed E-state index contributed by atoms with van der Waals surface area (Å²) in [5.41, 5.74) is 0.877. The second-order valence-corrected chi connectivity index (χ2v) is 3.71. The van der Waals surface area contributed by atoms with Crippen molar-refractivity contribution in [3.63, 3.8) is 0 Å². The molecule has 0 saturated heterocycles. The molecule has 1 aromatic rings. The van der Waals surface area contributed by atoms with Gasteiger partial charge in [0, 0.05) is 5.02 Å². The number of rotatable bonds is 2. The number of aliphatic hydroxyl groups is 1. The molecule has 0 amide bonds. The summed E-state index contributed by atoms with van der Waals surface area (Å²) in [5.74, 6) is 0.449. The van der Waals surface area contributed by atoms with E-state index in [4.69, 9.17) is 11.6 Å². The van der Waals surface area contributed by atoms with Crippen molar-refractivity contribution in [2.24, 2.45) is 5.92 Å². The van der Waals surface area contributed by atoms with Gasteiger partial charge in [-0.3, -0.25) is 0 Å². The first-order chi connectivity index (χ1) is 5.79. The summed E-state index contributed by atoms with van der Waals surface area (Å²) in [4.78, 5) is 0. The fourth-order valence-electron chi connectivity index (χ4n) is 1.38. The Balaban J connectivity index is 2.25. The summed E-state index contributed by atoms with van der Waals surface area (Å²) < 4.78 is 0. The zero-order valence-corrected chi connectivity index (χ0v) is 7.46. The molecule has 1 saturated carbocycles. The Hall–Kier alpha value is -0.530. The molecule has 2 rings (SSSR count). The van der Waals surface area contributed by atoms with Gasteiger partial charge in [-0.15, -0.1) is 0 Å². The molecule has 12 heavy (non-hydrogen) atoms. The van der Waals surface area contributed by atoms with Gasteiger partial charge in [0.15, 0.2) is 0 Å². The molecule has 0 aliphatic heterocycles. The summed E-state index contributed by atoms with van der Waals surface area (Å²) in [6.07, 6.45) is 1.91. The van der Waals surface area contributed by atoms with Crippen LogP contribution in [0.1, 0.15) is 24.5 Å². The van der Waals surface area contributed by atoms with Gasteiger partial charge in [0.25, 0.3) is 0 Å². The van der Waals surface area contributed by atoms with Crippen molar-refractivity contribution in [3.8, 4) is 0 Å². The Morgan fingerprint density at radius 2 is 2.00 bits per heavy atom. The number of aliphatic hydroxyl groups excluding tert-OH is 1.